The van der Waals surface area contributed by atoms with Crippen molar-refractivity contribution < 1.29 is 9.59 Å². The molecule has 1 aromatic rings. The minimum absolute atomic E-state index is 0.0170. The van der Waals surface area contributed by atoms with Crippen LogP contribution in [-0.2, 0) is 4.79 Å². The quantitative estimate of drug-likeness (QED) is 0.664. The summed E-state index contributed by atoms with van der Waals surface area (Å²) in [6.07, 6.45) is 5.64. The molecule has 1 aliphatic heterocycles. The topological polar surface area (TPSA) is 63.1 Å². The monoisotopic (exact) mass is 323 g/mol. The van der Waals surface area contributed by atoms with Crippen LogP contribution in [0.5, 0.6) is 0 Å². The zero-order chi connectivity index (χ0) is 15.0. The van der Waals surface area contributed by atoms with Gasteiger partial charge in [-0.3, -0.25) is 9.59 Å². The highest BCUT2D eigenvalue weighted by Crippen LogP contribution is 2.43. The molecule has 1 aromatic heterocycles. The Morgan fingerprint density at radius 3 is 3.05 bits per heavy atom. The van der Waals surface area contributed by atoms with Crippen molar-refractivity contribution in [3.8, 4) is 0 Å². The number of fused-ring (bicyclic) bond motifs is 3. The van der Waals surface area contributed by atoms with E-state index in [1.165, 1.54) is 11.3 Å². The van der Waals surface area contributed by atoms with Gasteiger partial charge in [0.2, 0.25) is 5.91 Å². The SMILES string of the molecule is C=CCNC(=O)c1sc(=S)n2c1NC(=O)C1CCCCC12. The molecule has 2 atom stereocenters. The lowest BCUT2D eigenvalue weighted by Gasteiger charge is -2.36. The van der Waals surface area contributed by atoms with Crippen LogP contribution in [0.3, 0.4) is 0 Å². The third-order valence-electron chi connectivity index (χ3n) is 4.09. The van der Waals surface area contributed by atoms with Crippen LogP contribution in [0.1, 0.15) is 41.4 Å². The summed E-state index contributed by atoms with van der Waals surface area (Å²) < 4.78 is 2.64. The van der Waals surface area contributed by atoms with Gasteiger partial charge in [-0.15, -0.1) is 6.58 Å². The molecule has 2 aliphatic rings. The highest BCUT2D eigenvalue weighted by molar-refractivity contribution is 7.73. The summed E-state index contributed by atoms with van der Waals surface area (Å²) >= 11 is 6.69. The molecular formula is C14H17N3O2S2. The van der Waals surface area contributed by atoms with Gasteiger partial charge in [0, 0.05) is 12.6 Å². The maximum Gasteiger partial charge on any atom is 0.265 e. The van der Waals surface area contributed by atoms with Crippen LogP contribution >= 0.6 is 23.6 Å². The standard InChI is InChI=1S/C14H17N3O2S2/c1-2-7-15-13(19)10-11-16-12(18)8-5-3-4-6-9(8)17(11)14(20)21-10/h2,8-9H,1,3-7H2,(H,15,19)(H,16,18). The maximum atomic E-state index is 12.3. The van der Waals surface area contributed by atoms with E-state index in [1.54, 1.807) is 6.08 Å². The molecular weight excluding hydrogens is 306 g/mol. The van der Waals surface area contributed by atoms with Gasteiger partial charge in [0.1, 0.15) is 10.7 Å². The van der Waals surface area contributed by atoms with E-state index in [1.807, 2.05) is 4.57 Å². The number of rotatable bonds is 3. The number of aromatic nitrogens is 1. The lowest BCUT2D eigenvalue weighted by Crippen LogP contribution is -2.40. The number of nitrogens with zero attached hydrogens (tertiary/aromatic N) is 1. The molecule has 0 aromatic carbocycles. The Morgan fingerprint density at radius 1 is 1.52 bits per heavy atom. The van der Waals surface area contributed by atoms with E-state index in [2.05, 4.69) is 17.2 Å². The minimum atomic E-state index is -0.214. The summed E-state index contributed by atoms with van der Waals surface area (Å²) in [4.78, 5) is 25.0. The molecule has 2 unspecified atom stereocenters. The molecule has 112 valence electrons. The van der Waals surface area contributed by atoms with E-state index >= 15 is 0 Å². The lowest BCUT2D eigenvalue weighted by atomic mass is 9.82. The average molecular weight is 323 g/mol. The van der Waals surface area contributed by atoms with Crippen LogP contribution in [0, 0.1) is 9.87 Å². The third-order valence-corrected chi connectivity index (χ3v) is 5.50. The van der Waals surface area contributed by atoms with Crippen molar-refractivity contribution in [3.05, 3.63) is 21.5 Å². The second kappa shape index (κ2) is 5.73. The Balaban J connectivity index is 2.01. The Bertz CT molecular complexity index is 662. The average Bonchev–Trinajstić information content (AvgIpc) is 2.82. The Labute approximate surface area is 132 Å². The summed E-state index contributed by atoms with van der Waals surface area (Å²) in [5.41, 5.74) is 0. The van der Waals surface area contributed by atoms with Gasteiger partial charge >= 0.3 is 0 Å². The summed E-state index contributed by atoms with van der Waals surface area (Å²) in [6, 6.07) is 0.104. The normalized spacial score (nSPS) is 23.7. The molecule has 5 nitrogen and oxygen atoms in total. The summed E-state index contributed by atoms with van der Waals surface area (Å²) in [7, 11) is 0. The van der Waals surface area contributed by atoms with Gasteiger partial charge in [0.15, 0.2) is 3.95 Å². The first-order valence-electron chi connectivity index (χ1n) is 7.08. The zero-order valence-electron chi connectivity index (χ0n) is 11.6. The first-order chi connectivity index (χ1) is 10.1. The lowest BCUT2D eigenvalue weighted by molar-refractivity contribution is -0.123. The first-order valence-corrected chi connectivity index (χ1v) is 8.31. The molecule has 0 spiro atoms. The number of hydrogen-bond donors (Lipinski definition) is 2. The summed E-state index contributed by atoms with van der Waals surface area (Å²) in [5, 5.41) is 5.63. The van der Waals surface area contributed by atoms with Crippen molar-refractivity contribution in [2.45, 2.75) is 31.7 Å². The highest BCUT2D eigenvalue weighted by Gasteiger charge is 2.39. The van der Waals surface area contributed by atoms with Crippen LogP contribution in [0.4, 0.5) is 5.82 Å². The van der Waals surface area contributed by atoms with E-state index in [9.17, 15) is 9.59 Å². The van der Waals surface area contributed by atoms with Crippen molar-refractivity contribution in [1.29, 1.82) is 0 Å². The van der Waals surface area contributed by atoms with Crippen molar-refractivity contribution >= 4 is 41.2 Å². The fourth-order valence-electron chi connectivity index (χ4n) is 3.14. The van der Waals surface area contributed by atoms with Crippen molar-refractivity contribution in [2.24, 2.45) is 5.92 Å². The number of amides is 2. The molecule has 2 N–H and O–H groups in total. The van der Waals surface area contributed by atoms with Gasteiger partial charge < -0.3 is 15.2 Å². The van der Waals surface area contributed by atoms with Gasteiger partial charge in [0.05, 0.1) is 5.92 Å². The van der Waals surface area contributed by atoms with E-state index < -0.39 is 0 Å². The van der Waals surface area contributed by atoms with Crippen LogP contribution in [0.25, 0.3) is 0 Å². The summed E-state index contributed by atoms with van der Waals surface area (Å²) in [5.74, 6) is 0.357. The molecule has 2 heterocycles. The minimum Gasteiger partial charge on any atom is -0.348 e. The molecule has 7 heteroatoms. The molecule has 1 fully saturated rings. The zero-order valence-corrected chi connectivity index (χ0v) is 13.2. The molecule has 0 radical (unpaired) electrons. The van der Waals surface area contributed by atoms with E-state index in [0.29, 0.717) is 21.2 Å². The van der Waals surface area contributed by atoms with Gasteiger partial charge in [0.25, 0.3) is 5.91 Å². The van der Waals surface area contributed by atoms with E-state index in [4.69, 9.17) is 12.2 Å². The van der Waals surface area contributed by atoms with Crippen LogP contribution < -0.4 is 10.6 Å². The fraction of sp³-hybridized carbons (Fsp3) is 0.500. The third kappa shape index (κ3) is 2.44. The predicted molar refractivity (Wildman–Crippen MR) is 85.3 cm³/mol. The summed E-state index contributed by atoms with van der Waals surface area (Å²) in [6.45, 7) is 3.97. The van der Waals surface area contributed by atoms with E-state index in [-0.39, 0.29) is 23.8 Å². The van der Waals surface area contributed by atoms with Gasteiger partial charge in [-0.1, -0.05) is 30.3 Å². The van der Waals surface area contributed by atoms with Crippen LogP contribution in [0.2, 0.25) is 0 Å². The predicted octanol–water partition coefficient (Wildman–Crippen LogP) is 2.88. The molecule has 2 amide bonds. The van der Waals surface area contributed by atoms with Crippen molar-refractivity contribution in [1.82, 2.24) is 9.88 Å². The highest BCUT2D eigenvalue weighted by atomic mass is 32.1. The Morgan fingerprint density at radius 2 is 2.29 bits per heavy atom. The Hall–Kier alpha value is -1.47. The van der Waals surface area contributed by atoms with Gasteiger partial charge in [-0.05, 0) is 25.1 Å². The smallest absolute Gasteiger partial charge is 0.265 e. The molecule has 21 heavy (non-hydrogen) atoms. The molecule has 0 bridgehead atoms. The van der Waals surface area contributed by atoms with Gasteiger partial charge in [-0.25, -0.2) is 0 Å². The molecule has 3 rings (SSSR count). The first kappa shape index (κ1) is 14.5. The largest absolute Gasteiger partial charge is 0.348 e. The molecule has 0 saturated heterocycles. The maximum absolute atomic E-state index is 12.3. The second-order valence-electron chi connectivity index (χ2n) is 5.36. The number of carbonyl (C=O) groups is 2. The van der Waals surface area contributed by atoms with Crippen molar-refractivity contribution in [3.63, 3.8) is 0 Å². The number of nitrogens with one attached hydrogen (secondary N) is 2. The Kier molecular flexibility index (Phi) is 3.95. The molecule has 1 saturated carbocycles. The number of carbonyl (C=O) groups excluding carboxylic acids is 2. The van der Waals surface area contributed by atoms with Crippen LogP contribution in [-0.4, -0.2) is 22.9 Å². The second-order valence-corrected chi connectivity index (χ2v) is 7.01. The number of hydrogen-bond acceptors (Lipinski definition) is 4. The number of thiazole rings is 1. The van der Waals surface area contributed by atoms with Crippen LogP contribution in [0.15, 0.2) is 12.7 Å². The molecule has 1 aliphatic carbocycles. The van der Waals surface area contributed by atoms with E-state index in [0.717, 1.165) is 25.7 Å². The van der Waals surface area contributed by atoms with Gasteiger partial charge in [-0.2, -0.15) is 0 Å². The fourth-order valence-corrected chi connectivity index (χ4v) is 4.53. The number of anilines is 1. The van der Waals surface area contributed by atoms with Crippen molar-refractivity contribution in [2.75, 3.05) is 11.9 Å².